The Morgan fingerprint density at radius 1 is 0.750 bits per heavy atom. The lowest BCUT2D eigenvalue weighted by Gasteiger charge is -2.02. The first-order valence-electron chi connectivity index (χ1n) is 7.78. The van der Waals surface area contributed by atoms with E-state index >= 15 is 0 Å². The first-order chi connectivity index (χ1) is 11.9. The molecule has 0 aliphatic heterocycles. The smallest absolute Gasteiger partial charge is 0.160 e. The summed E-state index contributed by atoms with van der Waals surface area (Å²) >= 11 is 0. The summed E-state index contributed by atoms with van der Waals surface area (Å²) in [4.78, 5) is 5.51. The zero-order valence-electron chi connectivity index (χ0n) is 13.2. The quantitative estimate of drug-likeness (QED) is 0.390. The molecule has 0 heterocycles. The predicted molar refractivity (Wildman–Crippen MR) is 97.5 cm³/mol. The maximum atomic E-state index is 5.51. The van der Waals surface area contributed by atoms with Crippen LogP contribution in [-0.2, 0) is 11.4 Å². The van der Waals surface area contributed by atoms with Crippen molar-refractivity contribution < 1.29 is 4.84 Å². The van der Waals surface area contributed by atoms with E-state index in [0.29, 0.717) is 12.3 Å². The molecule has 0 atom stereocenters. The summed E-state index contributed by atoms with van der Waals surface area (Å²) in [6.07, 6.45) is 0. The Bertz CT molecular complexity index is 844. The number of hydrogen-bond donors (Lipinski definition) is 0. The normalized spacial score (nSPS) is 10.6. The SMILES string of the molecule is C(#Cc1ccccc1)/C(=N/OCc1ccccc1)c1ccccc1. The minimum Gasteiger partial charge on any atom is -0.390 e. The fraction of sp³-hybridized carbons (Fsp3) is 0.0455. The third kappa shape index (κ3) is 4.59. The molecule has 3 rings (SSSR count). The Balaban J connectivity index is 1.80. The molecule has 0 amide bonds. The van der Waals surface area contributed by atoms with Gasteiger partial charge in [-0.2, -0.15) is 0 Å². The molecule has 0 spiro atoms. The van der Waals surface area contributed by atoms with Crippen LogP contribution in [0.3, 0.4) is 0 Å². The van der Waals surface area contributed by atoms with Crippen molar-refractivity contribution in [3.63, 3.8) is 0 Å². The Kier molecular flexibility index (Phi) is 5.42. The number of rotatable bonds is 4. The molecule has 3 aromatic carbocycles. The van der Waals surface area contributed by atoms with Crippen molar-refractivity contribution in [3.05, 3.63) is 108 Å². The van der Waals surface area contributed by atoms with Crippen molar-refractivity contribution in [2.24, 2.45) is 5.16 Å². The van der Waals surface area contributed by atoms with Crippen LogP contribution in [0.5, 0.6) is 0 Å². The summed E-state index contributed by atoms with van der Waals surface area (Å²) in [5, 5.41) is 4.25. The monoisotopic (exact) mass is 311 g/mol. The van der Waals surface area contributed by atoms with Crippen LogP contribution in [0.2, 0.25) is 0 Å². The minimum atomic E-state index is 0.421. The molecule has 2 heteroatoms. The van der Waals surface area contributed by atoms with Gasteiger partial charge >= 0.3 is 0 Å². The average Bonchev–Trinajstić information content (AvgIpc) is 2.67. The van der Waals surface area contributed by atoms with Crippen LogP contribution in [0.25, 0.3) is 0 Å². The number of nitrogens with zero attached hydrogens (tertiary/aromatic N) is 1. The Labute approximate surface area is 142 Å². The zero-order valence-corrected chi connectivity index (χ0v) is 13.2. The summed E-state index contributed by atoms with van der Waals surface area (Å²) in [6.45, 7) is 0.421. The lowest BCUT2D eigenvalue weighted by molar-refractivity contribution is 0.131. The van der Waals surface area contributed by atoms with Crippen LogP contribution >= 0.6 is 0 Å². The van der Waals surface area contributed by atoms with Crippen LogP contribution in [0.1, 0.15) is 16.7 Å². The van der Waals surface area contributed by atoms with E-state index in [9.17, 15) is 0 Å². The second kappa shape index (κ2) is 8.36. The largest absolute Gasteiger partial charge is 0.390 e. The summed E-state index contributed by atoms with van der Waals surface area (Å²) < 4.78 is 0. The maximum absolute atomic E-state index is 5.51. The highest BCUT2D eigenvalue weighted by Crippen LogP contribution is 2.05. The molecule has 0 unspecified atom stereocenters. The number of oxime groups is 1. The van der Waals surface area contributed by atoms with Crippen molar-refractivity contribution in [2.45, 2.75) is 6.61 Å². The van der Waals surface area contributed by atoms with Gasteiger partial charge in [0.25, 0.3) is 0 Å². The first-order valence-corrected chi connectivity index (χ1v) is 7.78. The van der Waals surface area contributed by atoms with Crippen molar-refractivity contribution in [2.75, 3.05) is 0 Å². The van der Waals surface area contributed by atoms with Crippen LogP contribution < -0.4 is 0 Å². The lowest BCUT2D eigenvalue weighted by atomic mass is 10.1. The minimum absolute atomic E-state index is 0.421. The van der Waals surface area contributed by atoms with Gasteiger partial charge in [-0.1, -0.05) is 89.9 Å². The molecule has 0 saturated carbocycles. The summed E-state index contributed by atoms with van der Waals surface area (Å²) in [5.74, 6) is 6.24. The van der Waals surface area contributed by atoms with Crippen LogP contribution in [0.4, 0.5) is 0 Å². The van der Waals surface area contributed by atoms with Crippen LogP contribution in [0, 0.1) is 11.8 Å². The molecule has 0 aromatic heterocycles. The molecule has 116 valence electrons. The maximum Gasteiger partial charge on any atom is 0.160 e. The summed E-state index contributed by atoms with van der Waals surface area (Å²) in [6, 6.07) is 29.7. The van der Waals surface area contributed by atoms with Crippen molar-refractivity contribution in [3.8, 4) is 11.8 Å². The molecule has 0 N–H and O–H groups in total. The van der Waals surface area contributed by atoms with E-state index in [1.165, 1.54) is 0 Å². The first kappa shape index (κ1) is 15.6. The predicted octanol–water partition coefficient (Wildman–Crippen LogP) is 4.66. The van der Waals surface area contributed by atoms with Gasteiger partial charge in [-0.05, 0) is 23.6 Å². The third-order valence-electron chi connectivity index (χ3n) is 3.38. The number of hydrogen-bond acceptors (Lipinski definition) is 2. The van der Waals surface area contributed by atoms with E-state index in [1.54, 1.807) is 0 Å². The molecular formula is C22H17NO. The van der Waals surface area contributed by atoms with E-state index in [0.717, 1.165) is 16.7 Å². The van der Waals surface area contributed by atoms with Gasteiger partial charge in [0.1, 0.15) is 6.61 Å². The topological polar surface area (TPSA) is 21.6 Å². The highest BCUT2D eigenvalue weighted by atomic mass is 16.6. The molecule has 0 aliphatic rings. The van der Waals surface area contributed by atoms with E-state index < -0.39 is 0 Å². The number of benzene rings is 3. The third-order valence-corrected chi connectivity index (χ3v) is 3.38. The average molecular weight is 311 g/mol. The molecule has 2 nitrogen and oxygen atoms in total. The molecule has 0 radical (unpaired) electrons. The Morgan fingerprint density at radius 3 is 2.00 bits per heavy atom. The second-order valence-electron chi connectivity index (χ2n) is 5.18. The molecule has 24 heavy (non-hydrogen) atoms. The van der Waals surface area contributed by atoms with Crippen molar-refractivity contribution in [1.82, 2.24) is 0 Å². The lowest BCUT2D eigenvalue weighted by Crippen LogP contribution is -1.99. The second-order valence-corrected chi connectivity index (χ2v) is 5.18. The summed E-state index contributed by atoms with van der Waals surface area (Å²) in [5.41, 5.74) is 3.58. The van der Waals surface area contributed by atoms with Gasteiger partial charge in [-0.3, -0.25) is 0 Å². The van der Waals surface area contributed by atoms with Crippen LogP contribution in [0.15, 0.2) is 96.2 Å². The van der Waals surface area contributed by atoms with Gasteiger partial charge in [0.05, 0.1) is 0 Å². The fourth-order valence-electron chi connectivity index (χ4n) is 2.14. The van der Waals surface area contributed by atoms with Gasteiger partial charge in [-0.15, -0.1) is 0 Å². The van der Waals surface area contributed by atoms with Gasteiger partial charge in [0.2, 0.25) is 0 Å². The Morgan fingerprint density at radius 2 is 1.33 bits per heavy atom. The standard InChI is InChI=1S/C22H17NO/c1-4-10-19(11-5-1)16-17-22(21-14-8-3-9-15-21)23-24-18-20-12-6-2-7-13-20/h1-15H,18H2/b23-22-. The van der Waals surface area contributed by atoms with Gasteiger partial charge in [-0.25, -0.2) is 0 Å². The molecule has 0 fully saturated rings. The van der Waals surface area contributed by atoms with Crippen molar-refractivity contribution in [1.29, 1.82) is 0 Å². The molecule has 3 aromatic rings. The summed E-state index contributed by atoms with van der Waals surface area (Å²) in [7, 11) is 0. The van der Waals surface area contributed by atoms with E-state index in [2.05, 4.69) is 17.0 Å². The van der Waals surface area contributed by atoms with E-state index in [4.69, 9.17) is 4.84 Å². The van der Waals surface area contributed by atoms with Gasteiger partial charge in [0.15, 0.2) is 5.71 Å². The van der Waals surface area contributed by atoms with E-state index in [1.807, 2.05) is 91.0 Å². The molecule has 0 aliphatic carbocycles. The van der Waals surface area contributed by atoms with E-state index in [-0.39, 0.29) is 0 Å². The van der Waals surface area contributed by atoms with Crippen molar-refractivity contribution >= 4 is 5.71 Å². The molecule has 0 saturated heterocycles. The van der Waals surface area contributed by atoms with Crippen LogP contribution in [-0.4, -0.2) is 5.71 Å². The fourth-order valence-corrected chi connectivity index (χ4v) is 2.14. The molecule has 0 bridgehead atoms. The highest BCUT2D eigenvalue weighted by molar-refractivity contribution is 6.12. The molecular weight excluding hydrogens is 294 g/mol. The Hall–Kier alpha value is -3.31. The van der Waals surface area contributed by atoms with Gasteiger partial charge < -0.3 is 4.84 Å². The zero-order chi connectivity index (χ0) is 16.5. The van der Waals surface area contributed by atoms with Gasteiger partial charge in [0, 0.05) is 11.1 Å². The highest BCUT2D eigenvalue weighted by Gasteiger charge is 2.00.